The van der Waals surface area contributed by atoms with Gasteiger partial charge in [-0.3, -0.25) is 9.69 Å². The number of hydrogen-bond acceptors (Lipinski definition) is 3. The fourth-order valence-electron chi connectivity index (χ4n) is 3.61. The minimum Gasteiger partial charge on any atom is -0.355 e. The number of nitrogens with zero attached hydrogens (tertiary/aromatic N) is 1. The Kier molecular flexibility index (Phi) is 3.34. The molecular formula is C13H23N3O. The summed E-state index contributed by atoms with van der Waals surface area (Å²) in [7, 11) is 0. The van der Waals surface area contributed by atoms with Crippen LogP contribution in [0, 0.1) is 5.92 Å². The molecule has 3 unspecified atom stereocenters. The summed E-state index contributed by atoms with van der Waals surface area (Å²) in [4.78, 5) is 14.5. The predicted octanol–water partition coefficient (Wildman–Crippen LogP) is 0.339. The normalized spacial score (nSPS) is 39.5. The van der Waals surface area contributed by atoms with Gasteiger partial charge in [-0.05, 0) is 44.6 Å². The summed E-state index contributed by atoms with van der Waals surface area (Å²) in [6.45, 7) is 4.22. The van der Waals surface area contributed by atoms with Gasteiger partial charge in [0.1, 0.15) is 0 Å². The van der Waals surface area contributed by atoms with Crippen LogP contribution in [0.4, 0.5) is 0 Å². The van der Waals surface area contributed by atoms with Crippen molar-refractivity contribution in [1.29, 1.82) is 0 Å². The van der Waals surface area contributed by atoms with Crippen LogP contribution in [0.5, 0.6) is 0 Å². The fraction of sp³-hybridized carbons (Fsp3) is 0.923. The molecule has 1 amide bonds. The Morgan fingerprint density at radius 1 is 1.06 bits per heavy atom. The van der Waals surface area contributed by atoms with Gasteiger partial charge in [0.15, 0.2) is 0 Å². The molecule has 3 heterocycles. The van der Waals surface area contributed by atoms with E-state index >= 15 is 0 Å². The van der Waals surface area contributed by atoms with Crippen LogP contribution in [0.15, 0.2) is 0 Å². The zero-order valence-corrected chi connectivity index (χ0v) is 10.5. The van der Waals surface area contributed by atoms with Gasteiger partial charge in [0.2, 0.25) is 5.91 Å². The van der Waals surface area contributed by atoms with Crippen LogP contribution < -0.4 is 10.6 Å². The van der Waals surface area contributed by atoms with Crippen LogP contribution in [0.25, 0.3) is 0 Å². The zero-order chi connectivity index (χ0) is 11.7. The molecule has 2 N–H and O–H groups in total. The number of carbonyl (C=O) groups excluding carboxylic acids is 1. The highest BCUT2D eigenvalue weighted by Gasteiger charge is 2.39. The van der Waals surface area contributed by atoms with Crippen molar-refractivity contribution in [3.8, 4) is 0 Å². The highest BCUT2D eigenvalue weighted by molar-refractivity contribution is 5.82. The van der Waals surface area contributed by atoms with E-state index in [1.165, 1.54) is 19.3 Å². The average molecular weight is 237 g/mol. The lowest BCUT2D eigenvalue weighted by Crippen LogP contribution is -2.46. The maximum absolute atomic E-state index is 12.0. The Hall–Kier alpha value is -0.610. The number of rotatable bonds is 1. The van der Waals surface area contributed by atoms with Gasteiger partial charge < -0.3 is 10.6 Å². The van der Waals surface area contributed by atoms with Crippen molar-refractivity contribution < 1.29 is 4.79 Å². The topological polar surface area (TPSA) is 44.4 Å². The van der Waals surface area contributed by atoms with Crippen molar-refractivity contribution in [1.82, 2.24) is 15.5 Å². The number of likely N-dealkylation sites (tertiary alicyclic amines) is 1. The molecule has 0 aromatic rings. The van der Waals surface area contributed by atoms with E-state index in [0.717, 1.165) is 44.9 Å². The van der Waals surface area contributed by atoms with E-state index in [0.29, 0.717) is 6.04 Å². The molecule has 0 aromatic carbocycles. The zero-order valence-electron chi connectivity index (χ0n) is 10.5. The number of amides is 1. The number of fused-ring (bicyclic) bond motifs is 1. The van der Waals surface area contributed by atoms with E-state index in [-0.39, 0.29) is 11.9 Å². The molecule has 4 heteroatoms. The van der Waals surface area contributed by atoms with Crippen LogP contribution in [0.3, 0.4) is 0 Å². The SMILES string of the molecule is O=C1NCCCCC1N1CC2CCCNC2C1. The molecule has 0 saturated carbocycles. The molecule has 96 valence electrons. The number of piperidine rings is 1. The second kappa shape index (κ2) is 4.94. The summed E-state index contributed by atoms with van der Waals surface area (Å²) in [6, 6.07) is 0.782. The first-order valence-electron chi connectivity index (χ1n) is 7.10. The van der Waals surface area contributed by atoms with Crippen LogP contribution in [-0.4, -0.2) is 49.1 Å². The third kappa shape index (κ3) is 2.33. The largest absolute Gasteiger partial charge is 0.355 e. The number of nitrogens with one attached hydrogen (secondary N) is 2. The molecule has 0 aromatic heterocycles. The molecule has 0 bridgehead atoms. The number of hydrogen-bond donors (Lipinski definition) is 2. The molecule has 3 aliphatic rings. The van der Waals surface area contributed by atoms with Gasteiger partial charge in [0.25, 0.3) is 0 Å². The molecule has 3 saturated heterocycles. The number of carbonyl (C=O) groups is 1. The monoisotopic (exact) mass is 237 g/mol. The van der Waals surface area contributed by atoms with E-state index in [9.17, 15) is 4.79 Å². The van der Waals surface area contributed by atoms with E-state index in [4.69, 9.17) is 0 Å². The Morgan fingerprint density at radius 2 is 2.00 bits per heavy atom. The lowest BCUT2D eigenvalue weighted by atomic mass is 9.94. The molecule has 4 nitrogen and oxygen atoms in total. The lowest BCUT2D eigenvalue weighted by Gasteiger charge is -2.25. The summed E-state index contributed by atoms with van der Waals surface area (Å²) in [6.07, 6.45) is 6.00. The van der Waals surface area contributed by atoms with E-state index < -0.39 is 0 Å². The molecule has 17 heavy (non-hydrogen) atoms. The minimum absolute atomic E-state index is 0.143. The summed E-state index contributed by atoms with van der Waals surface area (Å²) < 4.78 is 0. The summed E-state index contributed by atoms with van der Waals surface area (Å²) >= 11 is 0. The summed E-state index contributed by atoms with van der Waals surface area (Å²) in [5, 5.41) is 6.66. The summed E-state index contributed by atoms with van der Waals surface area (Å²) in [5.74, 6) is 1.04. The Bertz CT molecular complexity index is 280. The van der Waals surface area contributed by atoms with E-state index in [1.54, 1.807) is 0 Å². The first kappa shape index (κ1) is 11.5. The molecule has 3 rings (SSSR count). The van der Waals surface area contributed by atoms with Crippen molar-refractivity contribution in [3.63, 3.8) is 0 Å². The molecule has 3 fully saturated rings. The van der Waals surface area contributed by atoms with Crippen LogP contribution in [-0.2, 0) is 4.79 Å². The van der Waals surface area contributed by atoms with Crippen LogP contribution in [0.1, 0.15) is 32.1 Å². The summed E-state index contributed by atoms with van der Waals surface area (Å²) in [5.41, 5.74) is 0. The Balaban J connectivity index is 1.65. The van der Waals surface area contributed by atoms with Crippen LogP contribution >= 0.6 is 0 Å². The van der Waals surface area contributed by atoms with Crippen molar-refractivity contribution in [2.24, 2.45) is 5.92 Å². The first-order chi connectivity index (χ1) is 8.34. The van der Waals surface area contributed by atoms with E-state index in [2.05, 4.69) is 15.5 Å². The highest BCUT2D eigenvalue weighted by Crippen LogP contribution is 2.28. The van der Waals surface area contributed by atoms with Crippen molar-refractivity contribution >= 4 is 5.91 Å². The maximum atomic E-state index is 12.0. The third-order valence-corrected chi connectivity index (χ3v) is 4.57. The van der Waals surface area contributed by atoms with Gasteiger partial charge in [0.05, 0.1) is 6.04 Å². The van der Waals surface area contributed by atoms with E-state index in [1.807, 2.05) is 0 Å². The van der Waals surface area contributed by atoms with Gasteiger partial charge in [0, 0.05) is 25.7 Å². The van der Waals surface area contributed by atoms with Crippen molar-refractivity contribution in [3.05, 3.63) is 0 Å². The Labute approximate surface area is 103 Å². The minimum atomic E-state index is 0.143. The standard InChI is InChI=1S/C13H23N3O/c17-13-12(5-1-2-6-15-13)16-8-10-4-3-7-14-11(10)9-16/h10-12,14H,1-9H2,(H,15,17). The molecule has 0 spiro atoms. The fourth-order valence-corrected chi connectivity index (χ4v) is 3.61. The lowest BCUT2D eigenvalue weighted by molar-refractivity contribution is -0.125. The van der Waals surface area contributed by atoms with Gasteiger partial charge in [-0.2, -0.15) is 0 Å². The van der Waals surface area contributed by atoms with Crippen molar-refractivity contribution in [2.75, 3.05) is 26.2 Å². The third-order valence-electron chi connectivity index (χ3n) is 4.57. The molecule has 0 aliphatic carbocycles. The quantitative estimate of drug-likeness (QED) is 0.691. The Morgan fingerprint density at radius 3 is 2.88 bits per heavy atom. The molecular weight excluding hydrogens is 214 g/mol. The van der Waals surface area contributed by atoms with Gasteiger partial charge in [-0.1, -0.05) is 0 Å². The van der Waals surface area contributed by atoms with Gasteiger partial charge in [-0.25, -0.2) is 0 Å². The van der Waals surface area contributed by atoms with Crippen LogP contribution in [0.2, 0.25) is 0 Å². The highest BCUT2D eigenvalue weighted by atomic mass is 16.2. The molecule has 3 atom stereocenters. The second-order valence-electron chi connectivity index (χ2n) is 5.72. The molecule has 3 aliphatic heterocycles. The maximum Gasteiger partial charge on any atom is 0.237 e. The average Bonchev–Trinajstić information content (AvgIpc) is 2.65. The molecule has 0 radical (unpaired) electrons. The van der Waals surface area contributed by atoms with Gasteiger partial charge >= 0.3 is 0 Å². The predicted molar refractivity (Wildman–Crippen MR) is 66.7 cm³/mol. The first-order valence-corrected chi connectivity index (χ1v) is 7.10. The smallest absolute Gasteiger partial charge is 0.237 e. The second-order valence-corrected chi connectivity index (χ2v) is 5.72. The van der Waals surface area contributed by atoms with Gasteiger partial charge in [-0.15, -0.1) is 0 Å². The van der Waals surface area contributed by atoms with Crippen molar-refractivity contribution in [2.45, 2.75) is 44.2 Å².